The van der Waals surface area contributed by atoms with Crippen LogP contribution in [0.5, 0.6) is 11.5 Å². The van der Waals surface area contributed by atoms with Gasteiger partial charge in [-0.05, 0) is 62.1 Å². The van der Waals surface area contributed by atoms with Gasteiger partial charge in [0.15, 0.2) is 0 Å². The number of rotatable bonds is 9. The first kappa shape index (κ1) is 21.4. The number of nitrogens with one attached hydrogen (secondary N) is 1. The highest BCUT2D eigenvalue weighted by Gasteiger charge is 2.13. The lowest BCUT2D eigenvalue weighted by Crippen LogP contribution is -2.33. The van der Waals surface area contributed by atoms with Gasteiger partial charge in [0.2, 0.25) is 0 Å². The van der Waals surface area contributed by atoms with E-state index in [0.717, 1.165) is 29.7 Å². The van der Waals surface area contributed by atoms with E-state index in [2.05, 4.69) is 17.4 Å². The average Bonchev–Trinajstić information content (AvgIpc) is 2.77. The van der Waals surface area contributed by atoms with Crippen molar-refractivity contribution in [2.75, 3.05) is 7.11 Å². The molecule has 3 aromatic carbocycles. The number of ether oxygens (including phenoxy) is 2. The monoisotopic (exact) mass is 403 g/mol. The predicted molar refractivity (Wildman–Crippen MR) is 120 cm³/mol. The Hall–Kier alpha value is -3.27. The van der Waals surface area contributed by atoms with Gasteiger partial charge < -0.3 is 14.8 Å². The molecule has 0 spiro atoms. The molecule has 3 aromatic rings. The molecule has 0 saturated carbocycles. The lowest BCUT2D eigenvalue weighted by molar-refractivity contribution is 0.0938. The first-order valence-electron chi connectivity index (χ1n) is 10.3. The topological polar surface area (TPSA) is 47.6 Å². The van der Waals surface area contributed by atoms with E-state index in [9.17, 15) is 4.79 Å². The molecule has 0 unspecified atom stereocenters. The SMILES string of the molecule is COc1ccc(C(=O)N[C@@H](C)CCc2ccccc2)cc1COc1ccccc1C. The average molecular weight is 404 g/mol. The minimum absolute atomic E-state index is 0.0754. The van der Waals surface area contributed by atoms with E-state index in [-0.39, 0.29) is 11.9 Å². The van der Waals surface area contributed by atoms with Gasteiger partial charge in [0.1, 0.15) is 18.1 Å². The molecule has 0 bridgehead atoms. The summed E-state index contributed by atoms with van der Waals surface area (Å²) in [6.45, 7) is 4.37. The Morgan fingerprint density at radius 1 is 0.967 bits per heavy atom. The van der Waals surface area contributed by atoms with Crippen molar-refractivity contribution in [1.82, 2.24) is 5.32 Å². The minimum atomic E-state index is -0.0876. The number of benzene rings is 3. The molecule has 156 valence electrons. The van der Waals surface area contributed by atoms with Crippen LogP contribution in [0.4, 0.5) is 0 Å². The van der Waals surface area contributed by atoms with Crippen LogP contribution in [0, 0.1) is 6.92 Å². The summed E-state index contributed by atoms with van der Waals surface area (Å²) >= 11 is 0. The molecule has 0 aliphatic rings. The van der Waals surface area contributed by atoms with Crippen LogP contribution in [0.15, 0.2) is 72.8 Å². The van der Waals surface area contributed by atoms with E-state index in [1.54, 1.807) is 13.2 Å². The van der Waals surface area contributed by atoms with Gasteiger partial charge in [-0.15, -0.1) is 0 Å². The normalized spacial score (nSPS) is 11.6. The molecule has 1 amide bonds. The number of carbonyl (C=O) groups excluding carboxylic acids is 1. The van der Waals surface area contributed by atoms with Crippen molar-refractivity contribution in [3.05, 3.63) is 95.1 Å². The van der Waals surface area contributed by atoms with Crippen molar-refractivity contribution in [3.63, 3.8) is 0 Å². The second kappa shape index (κ2) is 10.5. The van der Waals surface area contributed by atoms with Crippen LogP contribution in [-0.4, -0.2) is 19.1 Å². The van der Waals surface area contributed by atoms with Crippen LogP contribution < -0.4 is 14.8 Å². The van der Waals surface area contributed by atoms with Crippen LogP contribution >= 0.6 is 0 Å². The Balaban J connectivity index is 1.62. The maximum Gasteiger partial charge on any atom is 0.251 e. The van der Waals surface area contributed by atoms with Gasteiger partial charge in [-0.1, -0.05) is 48.5 Å². The fraction of sp³-hybridized carbons (Fsp3) is 0.269. The lowest BCUT2D eigenvalue weighted by atomic mass is 10.1. The molecule has 4 nitrogen and oxygen atoms in total. The van der Waals surface area contributed by atoms with Crippen molar-refractivity contribution >= 4 is 5.91 Å². The number of para-hydroxylation sites is 1. The second-order valence-electron chi connectivity index (χ2n) is 7.48. The van der Waals surface area contributed by atoms with Gasteiger partial charge in [-0.2, -0.15) is 0 Å². The summed E-state index contributed by atoms with van der Waals surface area (Å²) in [5.74, 6) is 1.44. The van der Waals surface area contributed by atoms with Gasteiger partial charge in [0.05, 0.1) is 7.11 Å². The van der Waals surface area contributed by atoms with E-state index >= 15 is 0 Å². The highest BCUT2D eigenvalue weighted by Crippen LogP contribution is 2.24. The first-order chi connectivity index (χ1) is 14.6. The van der Waals surface area contributed by atoms with Crippen LogP contribution in [0.3, 0.4) is 0 Å². The van der Waals surface area contributed by atoms with Crippen molar-refractivity contribution in [1.29, 1.82) is 0 Å². The molecule has 3 rings (SSSR count). The number of aryl methyl sites for hydroxylation is 2. The van der Waals surface area contributed by atoms with Crippen molar-refractivity contribution < 1.29 is 14.3 Å². The first-order valence-corrected chi connectivity index (χ1v) is 10.3. The maximum atomic E-state index is 12.8. The largest absolute Gasteiger partial charge is 0.496 e. The number of hydrogen-bond acceptors (Lipinski definition) is 3. The van der Waals surface area contributed by atoms with Crippen molar-refractivity contribution in [2.45, 2.75) is 39.3 Å². The van der Waals surface area contributed by atoms with Crippen LogP contribution in [0.2, 0.25) is 0 Å². The smallest absolute Gasteiger partial charge is 0.251 e. The Kier molecular flexibility index (Phi) is 7.50. The summed E-state index contributed by atoms with van der Waals surface area (Å²) in [5.41, 5.74) is 3.78. The molecule has 0 fully saturated rings. The highest BCUT2D eigenvalue weighted by molar-refractivity contribution is 5.94. The Labute approximate surface area is 178 Å². The van der Waals surface area contributed by atoms with E-state index in [4.69, 9.17) is 9.47 Å². The van der Waals surface area contributed by atoms with Crippen LogP contribution in [0.1, 0.15) is 40.4 Å². The van der Waals surface area contributed by atoms with Crippen molar-refractivity contribution in [2.24, 2.45) is 0 Å². The number of carbonyl (C=O) groups is 1. The van der Waals surface area contributed by atoms with E-state index in [0.29, 0.717) is 17.9 Å². The summed E-state index contributed by atoms with van der Waals surface area (Å²) in [6.07, 6.45) is 1.82. The Bertz CT molecular complexity index is 969. The predicted octanol–water partition coefficient (Wildman–Crippen LogP) is 5.33. The molecular formula is C26H29NO3. The third kappa shape index (κ3) is 5.86. The van der Waals surface area contributed by atoms with Gasteiger partial charge in [-0.25, -0.2) is 0 Å². The van der Waals surface area contributed by atoms with Crippen LogP contribution in [-0.2, 0) is 13.0 Å². The zero-order valence-electron chi connectivity index (χ0n) is 17.9. The molecule has 0 radical (unpaired) electrons. The van der Waals surface area contributed by atoms with Gasteiger partial charge in [0, 0.05) is 17.2 Å². The van der Waals surface area contributed by atoms with Gasteiger partial charge in [-0.3, -0.25) is 4.79 Å². The Morgan fingerprint density at radius 3 is 2.43 bits per heavy atom. The molecule has 0 saturated heterocycles. The summed E-state index contributed by atoms with van der Waals surface area (Å²) in [7, 11) is 1.62. The summed E-state index contributed by atoms with van der Waals surface area (Å²) in [5, 5.41) is 3.09. The van der Waals surface area contributed by atoms with E-state index in [1.165, 1.54) is 5.56 Å². The molecule has 1 atom stereocenters. The number of methoxy groups -OCH3 is 1. The standard InChI is InChI=1S/C26H29NO3/c1-19-9-7-8-12-24(19)30-18-23-17-22(15-16-25(23)29-3)26(28)27-20(2)13-14-21-10-5-4-6-11-21/h4-12,15-17,20H,13-14,18H2,1-3H3,(H,27,28)/t20-/m0/s1. The molecule has 0 aliphatic carbocycles. The molecule has 0 aromatic heterocycles. The summed E-state index contributed by atoms with van der Waals surface area (Å²) in [4.78, 5) is 12.8. The molecular weight excluding hydrogens is 374 g/mol. The molecule has 4 heteroatoms. The highest BCUT2D eigenvalue weighted by atomic mass is 16.5. The fourth-order valence-corrected chi connectivity index (χ4v) is 3.31. The fourth-order valence-electron chi connectivity index (χ4n) is 3.31. The second-order valence-corrected chi connectivity index (χ2v) is 7.48. The van der Waals surface area contributed by atoms with Crippen LogP contribution in [0.25, 0.3) is 0 Å². The third-order valence-corrected chi connectivity index (χ3v) is 5.11. The quantitative estimate of drug-likeness (QED) is 0.525. The minimum Gasteiger partial charge on any atom is -0.496 e. The summed E-state index contributed by atoms with van der Waals surface area (Å²) < 4.78 is 11.4. The van der Waals surface area contributed by atoms with Crippen molar-refractivity contribution in [3.8, 4) is 11.5 Å². The van der Waals surface area contributed by atoms with Gasteiger partial charge >= 0.3 is 0 Å². The Morgan fingerprint density at radius 2 is 1.70 bits per heavy atom. The summed E-state index contributed by atoms with van der Waals surface area (Å²) in [6, 6.07) is 23.7. The zero-order chi connectivity index (χ0) is 21.3. The number of amides is 1. The van der Waals surface area contributed by atoms with Gasteiger partial charge in [0.25, 0.3) is 5.91 Å². The molecule has 0 aliphatic heterocycles. The lowest BCUT2D eigenvalue weighted by Gasteiger charge is -2.16. The van der Waals surface area contributed by atoms with E-state index in [1.807, 2.05) is 68.4 Å². The third-order valence-electron chi connectivity index (χ3n) is 5.11. The number of hydrogen-bond donors (Lipinski definition) is 1. The maximum absolute atomic E-state index is 12.8. The van der Waals surface area contributed by atoms with E-state index < -0.39 is 0 Å². The molecule has 0 heterocycles. The zero-order valence-corrected chi connectivity index (χ0v) is 17.9. The molecule has 1 N–H and O–H groups in total. The molecule has 30 heavy (non-hydrogen) atoms.